The number of halogens is 7. The second kappa shape index (κ2) is 5.50. The van der Waals surface area contributed by atoms with E-state index in [-0.39, 0.29) is 6.20 Å². The lowest BCUT2D eigenvalue weighted by molar-refractivity contribution is -0.277. The fraction of sp³-hybridized carbons (Fsp3) is 0.375. The Morgan fingerprint density at radius 3 is 2.10 bits per heavy atom. The van der Waals surface area contributed by atoms with Crippen LogP contribution in [0.3, 0.4) is 0 Å². The van der Waals surface area contributed by atoms with Crippen molar-refractivity contribution in [3.8, 4) is 5.75 Å². The Hall–Kier alpha value is -1.27. The SMILES string of the molecule is NCc1ncc(S(=O)(=O)Cl)c(OC(F)(F)F)c1C(F)(F)F. The molecular formula is C8H5ClF6N2O3S. The summed E-state index contributed by atoms with van der Waals surface area (Å²) in [7, 11) is -0.173. The second-order valence-electron chi connectivity index (χ2n) is 3.46. The van der Waals surface area contributed by atoms with Gasteiger partial charge in [0.1, 0.15) is 10.5 Å². The maximum atomic E-state index is 12.9. The summed E-state index contributed by atoms with van der Waals surface area (Å²) >= 11 is 0. The summed E-state index contributed by atoms with van der Waals surface area (Å²) in [6, 6.07) is 0. The molecule has 5 nitrogen and oxygen atoms in total. The summed E-state index contributed by atoms with van der Waals surface area (Å²) in [5.41, 5.74) is 1.88. The van der Waals surface area contributed by atoms with Crippen LogP contribution >= 0.6 is 10.7 Å². The first-order valence-electron chi connectivity index (χ1n) is 4.77. The van der Waals surface area contributed by atoms with Crippen LogP contribution < -0.4 is 10.5 Å². The molecule has 0 amide bonds. The molecule has 0 spiro atoms. The van der Waals surface area contributed by atoms with E-state index >= 15 is 0 Å². The molecular weight excluding hydrogens is 354 g/mol. The molecule has 0 fully saturated rings. The van der Waals surface area contributed by atoms with E-state index in [2.05, 4.69) is 9.72 Å². The van der Waals surface area contributed by atoms with Crippen LogP contribution in [0.2, 0.25) is 0 Å². The van der Waals surface area contributed by atoms with Crippen molar-refractivity contribution in [2.75, 3.05) is 0 Å². The van der Waals surface area contributed by atoms with E-state index in [1.54, 1.807) is 0 Å². The maximum Gasteiger partial charge on any atom is 0.573 e. The first-order valence-corrected chi connectivity index (χ1v) is 7.08. The van der Waals surface area contributed by atoms with Gasteiger partial charge >= 0.3 is 12.5 Å². The smallest absolute Gasteiger partial charge is 0.404 e. The van der Waals surface area contributed by atoms with Crippen LogP contribution in [-0.4, -0.2) is 19.8 Å². The Morgan fingerprint density at radius 1 is 1.24 bits per heavy atom. The zero-order valence-corrected chi connectivity index (χ0v) is 11.2. The Kier molecular flexibility index (Phi) is 4.65. The summed E-state index contributed by atoms with van der Waals surface area (Å²) < 4.78 is 101. The monoisotopic (exact) mass is 358 g/mol. The molecule has 0 aliphatic heterocycles. The van der Waals surface area contributed by atoms with Crippen molar-refractivity contribution < 1.29 is 39.5 Å². The lowest BCUT2D eigenvalue weighted by Crippen LogP contribution is -2.24. The van der Waals surface area contributed by atoms with E-state index in [1.807, 2.05) is 0 Å². The molecule has 0 aliphatic rings. The van der Waals surface area contributed by atoms with Gasteiger partial charge in [0, 0.05) is 17.2 Å². The fourth-order valence-electron chi connectivity index (χ4n) is 1.35. The molecule has 0 bridgehead atoms. The summed E-state index contributed by atoms with van der Waals surface area (Å²) in [4.78, 5) is 1.50. The van der Waals surface area contributed by atoms with Crippen LogP contribution in [-0.2, 0) is 21.8 Å². The molecule has 1 aromatic heterocycles. The van der Waals surface area contributed by atoms with Crippen molar-refractivity contribution in [1.29, 1.82) is 0 Å². The van der Waals surface area contributed by atoms with Gasteiger partial charge in [-0.2, -0.15) is 13.2 Å². The quantitative estimate of drug-likeness (QED) is 0.662. The molecule has 0 unspecified atom stereocenters. The van der Waals surface area contributed by atoms with Crippen LogP contribution in [0.4, 0.5) is 26.3 Å². The number of ether oxygens (including phenoxy) is 1. The Bertz CT molecular complexity index is 643. The van der Waals surface area contributed by atoms with Crippen LogP contribution in [0.1, 0.15) is 11.3 Å². The predicted molar refractivity (Wildman–Crippen MR) is 56.9 cm³/mol. The van der Waals surface area contributed by atoms with E-state index in [4.69, 9.17) is 16.4 Å². The van der Waals surface area contributed by atoms with Crippen LogP contribution in [0, 0.1) is 0 Å². The molecule has 0 saturated heterocycles. The Labute approximate surface area is 118 Å². The Morgan fingerprint density at radius 2 is 1.76 bits per heavy atom. The predicted octanol–water partition coefficient (Wildman–Crippen LogP) is 2.39. The molecule has 0 aromatic carbocycles. The van der Waals surface area contributed by atoms with E-state index in [0.29, 0.717) is 0 Å². The fourth-order valence-corrected chi connectivity index (χ4v) is 2.23. The molecule has 21 heavy (non-hydrogen) atoms. The van der Waals surface area contributed by atoms with Gasteiger partial charge in [-0.1, -0.05) is 0 Å². The molecule has 1 heterocycles. The van der Waals surface area contributed by atoms with E-state index in [0.717, 1.165) is 0 Å². The highest BCUT2D eigenvalue weighted by molar-refractivity contribution is 8.13. The maximum absolute atomic E-state index is 12.9. The normalized spacial score (nSPS) is 13.3. The van der Waals surface area contributed by atoms with Crippen molar-refractivity contribution in [1.82, 2.24) is 4.98 Å². The summed E-state index contributed by atoms with van der Waals surface area (Å²) in [6.45, 7) is -0.897. The summed E-state index contributed by atoms with van der Waals surface area (Å²) in [5.74, 6) is -2.01. The van der Waals surface area contributed by atoms with Crippen molar-refractivity contribution in [2.45, 2.75) is 24.0 Å². The van der Waals surface area contributed by atoms with Gasteiger partial charge in [-0.3, -0.25) is 4.98 Å². The number of nitrogens with zero attached hydrogens (tertiary/aromatic N) is 1. The number of rotatable bonds is 3. The van der Waals surface area contributed by atoms with E-state index < -0.39 is 50.0 Å². The topological polar surface area (TPSA) is 82.3 Å². The lowest BCUT2D eigenvalue weighted by Gasteiger charge is -2.19. The third kappa shape index (κ3) is 4.35. The van der Waals surface area contributed by atoms with Gasteiger partial charge in [-0.15, -0.1) is 13.2 Å². The minimum absolute atomic E-state index is 0.209. The van der Waals surface area contributed by atoms with Gasteiger partial charge in [0.25, 0.3) is 9.05 Å². The number of alkyl halides is 6. The Balaban J connectivity index is 3.80. The highest BCUT2D eigenvalue weighted by atomic mass is 35.7. The number of hydrogen-bond acceptors (Lipinski definition) is 5. The first kappa shape index (κ1) is 17.8. The molecule has 1 rings (SSSR count). The van der Waals surface area contributed by atoms with Crippen molar-refractivity contribution in [2.24, 2.45) is 5.73 Å². The first-order chi connectivity index (χ1) is 9.27. The van der Waals surface area contributed by atoms with Crippen molar-refractivity contribution in [3.05, 3.63) is 17.5 Å². The molecule has 0 aliphatic carbocycles. The zero-order valence-electron chi connectivity index (χ0n) is 9.59. The standard InChI is InChI=1S/C8H5ClF6N2O3S/c9-21(18,19)4-2-17-3(1-16)5(7(10,11)12)6(4)20-8(13,14)15/h2H,1,16H2. The third-order valence-electron chi connectivity index (χ3n) is 2.03. The van der Waals surface area contributed by atoms with Gasteiger partial charge < -0.3 is 10.5 Å². The van der Waals surface area contributed by atoms with Gasteiger partial charge in [0.05, 0.1) is 11.9 Å². The minimum atomic E-state index is -5.58. The highest BCUT2D eigenvalue weighted by Crippen LogP contribution is 2.43. The zero-order chi connectivity index (χ0) is 16.6. The summed E-state index contributed by atoms with van der Waals surface area (Å²) in [6.07, 6.45) is -10.8. The number of aromatic nitrogens is 1. The van der Waals surface area contributed by atoms with Gasteiger partial charge in [-0.25, -0.2) is 8.42 Å². The molecule has 0 radical (unpaired) electrons. The largest absolute Gasteiger partial charge is 0.573 e. The van der Waals surface area contributed by atoms with E-state index in [1.165, 1.54) is 0 Å². The molecule has 0 saturated carbocycles. The van der Waals surface area contributed by atoms with Gasteiger partial charge in [0.2, 0.25) is 0 Å². The molecule has 1 aromatic rings. The lowest BCUT2D eigenvalue weighted by atomic mass is 10.1. The number of nitrogens with two attached hydrogens (primary N) is 1. The summed E-state index contributed by atoms with van der Waals surface area (Å²) in [5, 5.41) is 0. The second-order valence-corrected chi connectivity index (χ2v) is 6.00. The van der Waals surface area contributed by atoms with Crippen molar-refractivity contribution >= 4 is 19.7 Å². The average Bonchev–Trinajstić information content (AvgIpc) is 2.22. The third-order valence-corrected chi connectivity index (χ3v) is 3.35. The van der Waals surface area contributed by atoms with Crippen LogP contribution in [0.5, 0.6) is 5.75 Å². The molecule has 13 heteroatoms. The highest BCUT2D eigenvalue weighted by Gasteiger charge is 2.44. The van der Waals surface area contributed by atoms with E-state index in [9.17, 15) is 34.8 Å². The van der Waals surface area contributed by atoms with Crippen LogP contribution in [0.15, 0.2) is 11.1 Å². The van der Waals surface area contributed by atoms with Gasteiger partial charge in [0.15, 0.2) is 5.75 Å². The average molecular weight is 359 g/mol. The molecule has 2 N–H and O–H groups in total. The molecule has 0 atom stereocenters. The number of pyridine rings is 1. The van der Waals surface area contributed by atoms with Crippen LogP contribution in [0.25, 0.3) is 0 Å². The minimum Gasteiger partial charge on any atom is -0.404 e. The van der Waals surface area contributed by atoms with Crippen molar-refractivity contribution in [3.63, 3.8) is 0 Å². The number of hydrogen-bond donors (Lipinski definition) is 1. The van der Waals surface area contributed by atoms with Gasteiger partial charge in [-0.05, 0) is 0 Å². The molecule has 120 valence electrons.